The van der Waals surface area contributed by atoms with Crippen molar-refractivity contribution in [3.63, 3.8) is 0 Å². The molecule has 8 heteroatoms. The number of benzene rings is 4. The third-order valence-corrected chi connectivity index (χ3v) is 7.11. The normalized spacial score (nSPS) is 15.8. The SMILES string of the molecule is O=C(O[C@H](CCCl)C(=O)c1ccc(Cl)cc1)[C@@H]1CC(=O)N(c2ccc(Oc3cccc4ccccc34)cc2)C1. The summed E-state index contributed by atoms with van der Waals surface area (Å²) in [6.45, 7) is 0.157. The Morgan fingerprint density at radius 3 is 2.38 bits per heavy atom. The Balaban J connectivity index is 1.24. The van der Waals surface area contributed by atoms with E-state index < -0.39 is 18.0 Å². The smallest absolute Gasteiger partial charge is 0.312 e. The Hall–Kier alpha value is -3.87. The fraction of sp³-hybridized carbons (Fsp3) is 0.194. The first-order valence-electron chi connectivity index (χ1n) is 12.5. The number of ketones is 1. The zero-order valence-corrected chi connectivity index (χ0v) is 22.4. The lowest BCUT2D eigenvalue weighted by molar-refractivity contribution is -0.151. The highest BCUT2D eigenvalue weighted by atomic mass is 35.5. The van der Waals surface area contributed by atoms with Gasteiger partial charge >= 0.3 is 5.97 Å². The van der Waals surface area contributed by atoms with Gasteiger partial charge in [-0.25, -0.2) is 0 Å². The first-order chi connectivity index (χ1) is 18.9. The molecule has 39 heavy (non-hydrogen) atoms. The summed E-state index contributed by atoms with van der Waals surface area (Å²) in [5.74, 6) is -0.344. The molecule has 0 N–H and O–H groups in total. The summed E-state index contributed by atoms with van der Waals surface area (Å²) in [4.78, 5) is 40.2. The minimum Gasteiger partial charge on any atom is -0.457 e. The van der Waals surface area contributed by atoms with Gasteiger partial charge in [0, 0.05) is 46.9 Å². The molecule has 5 rings (SSSR count). The monoisotopic (exact) mass is 561 g/mol. The average Bonchev–Trinajstić information content (AvgIpc) is 3.35. The van der Waals surface area contributed by atoms with Crippen molar-refractivity contribution in [2.75, 3.05) is 17.3 Å². The van der Waals surface area contributed by atoms with Crippen LogP contribution in [-0.2, 0) is 14.3 Å². The van der Waals surface area contributed by atoms with Gasteiger partial charge in [0.1, 0.15) is 11.5 Å². The van der Waals surface area contributed by atoms with E-state index in [2.05, 4.69) is 0 Å². The van der Waals surface area contributed by atoms with Crippen LogP contribution >= 0.6 is 23.2 Å². The third kappa shape index (κ3) is 6.08. The van der Waals surface area contributed by atoms with Gasteiger partial charge in [0.05, 0.1) is 5.92 Å². The number of carbonyl (C=O) groups excluding carboxylic acids is 3. The predicted octanol–water partition coefficient (Wildman–Crippen LogP) is 7.06. The lowest BCUT2D eigenvalue weighted by Gasteiger charge is -2.19. The maximum Gasteiger partial charge on any atom is 0.312 e. The molecule has 0 aliphatic carbocycles. The van der Waals surface area contributed by atoms with Crippen LogP contribution in [0, 0.1) is 5.92 Å². The van der Waals surface area contributed by atoms with Gasteiger partial charge in [-0.1, -0.05) is 48.0 Å². The summed E-state index contributed by atoms with van der Waals surface area (Å²) in [5, 5.41) is 2.58. The number of esters is 1. The lowest BCUT2D eigenvalue weighted by atomic mass is 10.0. The molecule has 4 aromatic carbocycles. The van der Waals surface area contributed by atoms with Crippen LogP contribution in [0.2, 0.25) is 5.02 Å². The Bertz CT molecular complexity index is 1500. The number of rotatable bonds is 9. The lowest BCUT2D eigenvalue weighted by Crippen LogP contribution is -2.32. The number of halogens is 2. The van der Waals surface area contributed by atoms with E-state index in [-0.39, 0.29) is 37.0 Å². The zero-order valence-electron chi connectivity index (χ0n) is 20.9. The van der Waals surface area contributed by atoms with Crippen molar-refractivity contribution in [1.82, 2.24) is 0 Å². The second-order valence-corrected chi connectivity index (χ2v) is 10.1. The highest BCUT2D eigenvalue weighted by Crippen LogP contribution is 2.32. The molecule has 0 radical (unpaired) electrons. The quantitative estimate of drug-likeness (QED) is 0.124. The molecule has 1 saturated heterocycles. The molecule has 4 aromatic rings. The van der Waals surface area contributed by atoms with Crippen molar-refractivity contribution in [3.8, 4) is 11.5 Å². The fourth-order valence-electron chi connectivity index (χ4n) is 4.60. The fourth-order valence-corrected chi connectivity index (χ4v) is 4.92. The molecule has 1 aliphatic heterocycles. The van der Waals surface area contributed by atoms with E-state index in [9.17, 15) is 14.4 Å². The predicted molar refractivity (Wildman–Crippen MR) is 152 cm³/mol. The maximum atomic E-state index is 13.0. The number of hydrogen-bond acceptors (Lipinski definition) is 5. The summed E-state index contributed by atoms with van der Waals surface area (Å²) in [7, 11) is 0. The van der Waals surface area contributed by atoms with Crippen molar-refractivity contribution >= 4 is 57.3 Å². The molecule has 1 fully saturated rings. The first-order valence-corrected chi connectivity index (χ1v) is 13.5. The zero-order chi connectivity index (χ0) is 27.4. The van der Waals surface area contributed by atoms with E-state index >= 15 is 0 Å². The van der Waals surface area contributed by atoms with Crippen LogP contribution in [0.1, 0.15) is 23.2 Å². The first kappa shape index (κ1) is 26.7. The molecule has 0 unspecified atom stereocenters. The summed E-state index contributed by atoms with van der Waals surface area (Å²) in [6.07, 6.45) is -0.876. The summed E-state index contributed by atoms with van der Waals surface area (Å²) >= 11 is 11.8. The van der Waals surface area contributed by atoms with Gasteiger partial charge in [-0.05, 0) is 60.0 Å². The molecular formula is C31H25Cl2NO5. The highest BCUT2D eigenvalue weighted by molar-refractivity contribution is 6.30. The van der Waals surface area contributed by atoms with Crippen molar-refractivity contribution in [3.05, 3.63) is 102 Å². The van der Waals surface area contributed by atoms with Crippen LogP contribution < -0.4 is 9.64 Å². The molecule has 0 bridgehead atoms. The molecule has 2 atom stereocenters. The summed E-state index contributed by atoms with van der Waals surface area (Å²) in [6, 6.07) is 27.3. The Kier molecular flexibility index (Phi) is 8.15. The van der Waals surface area contributed by atoms with Crippen LogP contribution in [0.4, 0.5) is 5.69 Å². The van der Waals surface area contributed by atoms with Crippen LogP contribution in [-0.4, -0.2) is 36.2 Å². The maximum absolute atomic E-state index is 13.0. The van der Waals surface area contributed by atoms with Crippen LogP contribution in [0.3, 0.4) is 0 Å². The number of ether oxygens (including phenoxy) is 2. The van der Waals surface area contributed by atoms with Gasteiger partial charge in [-0.2, -0.15) is 0 Å². The molecular weight excluding hydrogens is 537 g/mol. The van der Waals surface area contributed by atoms with Crippen LogP contribution in [0.5, 0.6) is 11.5 Å². The number of amides is 1. The summed E-state index contributed by atoms with van der Waals surface area (Å²) in [5.41, 5.74) is 1.02. The number of nitrogens with zero attached hydrogens (tertiary/aromatic N) is 1. The third-order valence-electron chi connectivity index (χ3n) is 6.64. The minimum absolute atomic E-state index is 0.00415. The topological polar surface area (TPSA) is 72.9 Å². The molecule has 0 saturated carbocycles. The van der Waals surface area contributed by atoms with Crippen LogP contribution in [0.25, 0.3) is 10.8 Å². The highest BCUT2D eigenvalue weighted by Gasteiger charge is 2.38. The van der Waals surface area contributed by atoms with E-state index in [0.717, 1.165) is 16.5 Å². The average molecular weight is 562 g/mol. The number of carbonyl (C=O) groups is 3. The van der Waals surface area contributed by atoms with E-state index in [0.29, 0.717) is 22.0 Å². The standard InChI is InChI=1S/C31H25Cl2NO5/c32-17-16-28(30(36)21-8-10-23(33)11-9-21)39-31(37)22-18-29(35)34(19-22)24-12-14-25(15-13-24)38-27-7-3-5-20-4-1-2-6-26(20)27/h1-15,22,28H,16-19H2/t22-,28-/m1/s1. The number of alkyl halides is 1. The van der Waals surface area contributed by atoms with E-state index in [1.807, 2.05) is 42.5 Å². The van der Waals surface area contributed by atoms with E-state index in [4.69, 9.17) is 32.7 Å². The largest absolute Gasteiger partial charge is 0.457 e. The van der Waals surface area contributed by atoms with E-state index in [1.165, 1.54) is 0 Å². The van der Waals surface area contributed by atoms with Crippen molar-refractivity contribution in [2.45, 2.75) is 18.9 Å². The molecule has 1 aliphatic rings. The van der Waals surface area contributed by atoms with Gasteiger partial charge in [0.25, 0.3) is 0 Å². The van der Waals surface area contributed by atoms with Gasteiger partial charge in [-0.15, -0.1) is 11.6 Å². The molecule has 198 valence electrons. The van der Waals surface area contributed by atoms with Gasteiger partial charge in [-0.3, -0.25) is 14.4 Å². The second-order valence-electron chi connectivity index (χ2n) is 9.25. The number of fused-ring (bicyclic) bond motifs is 1. The minimum atomic E-state index is -1.04. The molecule has 1 amide bonds. The number of hydrogen-bond donors (Lipinski definition) is 0. The van der Waals surface area contributed by atoms with Gasteiger partial charge in [0.15, 0.2) is 6.10 Å². The Labute approximate surface area is 236 Å². The van der Waals surface area contributed by atoms with Crippen LogP contribution in [0.15, 0.2) is 91.0 Å². The second kappa shape index (κ2) is 11.9. The Morgan fingerprint density at radius 1 is 0.923 bits per heavy atom. The van der Waals surface area contributed by atoms with Gasteiger partial charge in [0.2, 0.25) is 11.7 Å². The van der Waals surface area contributed by atoms with E-state index in [1.54, 1.807) is 53.4 Å². The molecule has 6 nitrogen and oxygen atoms in total. The molecule has 1 heterocycles. The summed E-state index contributed by atoms with van der Waals surface area (Å²) < 4.78 is 11.7. The molecule has 0 spiro atoms. The van der Waals surface area contributed by atoms with Gasteiger partial charge < -0.3 is 14.4 Å². The molecule has 0 aromatic heterocycles. The number of Topliss-reactive ketones (excluding diaryl/α,β-unsaturated/α-hetero) is 1. The van der Waals surface area contributed by atoms with Crippen molar-refractivity contribution in [2.24, 2.45) is 5.92 Å². The van der Waals surface area contributed by atoms with Crippen molar-refractivity contribution in [1.29, 1.82) is 0 Å². The Morgan fingerprint density at radius 2 is 1.64 bits per heavy atom. The number of anilines is 1. The van der Waals surface area contributed by atoms with Crippen molar-refractivity contribution < 1.29 is 23.9 Å².